The van der Waals surface area contributed by atoms with Gasteiger partial charge in [-0.15, -0.1) is 0 Å². The van der Waals surface area contributed by atoms with Gasteiger partial charge in [-0.1, -0.05) is 99.6 Å². The Labute approximate surface area is 376 Å². The Hall–Kier alpha value is -4.20. The molecule has 0 aromatic heterocycles. The first-order valence-electron chi connectivity index (χ1n) is 21.6. The van der Waals surface area contributed by atoms with Gasteiger partial charge in [0.15, 0.2) is 0 Å². The summed E-state index contributed by atoms with van der Waals surface area (Å²) in [6.45, 7) is 13.9. The van der Waals surface area contributed by atoms with E-state index in [1.54, 1.807) is 18.2 Å². The lowest BCUT2D eigenvalue weighted by Crippen LogP contribution is -2.66. The Morgan fingerprint density at radius 2 is 0.875 bits per heavy atom. The van der Waals surface area contributed by atoms with Crippen molar-refractivity contribution in [3.8, 4) is 0 Å². The zero-order valence-electron chi connectivity index (χ0n) is 37.2. The van der Waals surface area contributed by atoms with E-state index in [9.17, 15) is 18.0 Å². The van der Waals surface area contributed by atoms with Crippen LogP contribution in [0.3, 0.4) is 0 Å². The molecule has 0 saturated heterocycles. The van der Waals surface area contributed by atoms with Gasteiger partial charge in [0.2, 0.25) is 0 Å². The maximum atomic E-state index is 13.1. The number of carbonyl (C=O) groups is 1. The number of rotatable bonds is 33. The van der Waals surface area contributed by atoms with E-state index in [0.717, 1.165) is 12.1 Å². The fourth-order valence-electron chi connectivity index (χ4n) is 6.63. The van der Waals surface area contributed by atoms with E-state index in [1.807, 2.05) is 12.1 Å². The first kappa shape index (κ1) is 52.4. The molecule has 0 bridgehead atoms. The van der Waals surface area contributed by atoms with Crippen LogP contribution in [0.25, 0.3) is 0 Å². The molecule has 0 spiro atoms. The van der Waals surface area contributed by atoms with E-state index in [4.69, 9.17) is 47.1 Å². The third-order valence-corrected chi connectivity index (χ3v) is 14.7. The summed E-state index contributed by atoms with van der Waals surface area (Å²) < 4.78 is 96.0. The SMILES string of the molecule is CC(C)(C)[Si](OCCOCCOCCOCCOCCOCCOCCOCCOCCOC(=O)c1ccccc1Nc1cccc(C(F)(F)F)c1)(c1ccccc1)c1ccccc1. The van der Waals surface area contributed by atoms with Gasteiger partial charge in [0.1, 0.15) is 6.61 Å². The molecule has 0 aliphatic heterocycles. The van der Waals surface area contributed by atoms with Crippen LogP contribution >= 0.6 is 0 Å². The maximum Gasteiger partial charge on any atom is 0.416 e. The molecule has 12 nitrogen and oxygen atoms in total. The number of hydrogen-bond donors (Lipinski definition) is 1. The molecule has 0 aliphatic carbocycles. The van der Waals surface area contributed by atoms with Crippen LogP contribution in [0.15, 0.2) is 109 Å². The van der Waals surface area contributed by atoms with Crippen molar-refractivity contribution in [3.63, 3.8) is 0 Å². The Balaban J connectivity index is 0.884. The quantitative estimate of drug-likeness (QED) is 0.0293. The molecule has 1 N–H and O–H groups in total. The van der Waals surface area contributed by atoms with Crippen molar-refractivity contribution in [2.45, 2.75) is 32.0 Å². The molecule has 0 atom stereocenters. The molecular formula is C48H64F3NO11Si. The van der Waals surface area contributed by atoms with E-state index in [-0.39, 0.29) is 29.5 Å². The molecule has 0 heterocycles. The van der Waals surface area contributed by atoms with Crippen molar-refractivity contribution in [1.82, 2.24) is 0 Å². The predicted octanol–water partition coefficient (Wildman–Crippen LogP) is 7.32. The molecule has 0 fully saturated rings. The second kappa shape index (κ2) is 29.4. The van der Waals surface area contributed by atoms with Crippen molar-refractivity contribution in [2.75, 3.05) is 124 Å². The molecule has 352 valence electrons. The molecule has 0 unspecified atom stereocenters. The number of anilines is 2. The van der Waals surface area contributed by atoms with E-state index in [2.05, 4.69) is 74.6 Å². The van der Waals surface area contributed by atoms with E-state index >= 15 is 0 Å². The smallest absolute Gasteiger partial charge is 0.416 e. The fraction of sp³-hybridized carbons (Fsp3) is 0.479. The van der Waals surface area contributed by atoms with Gasteiger partial charge in [0.05, 0.1) is 129 Å². The second-order valence-corrected chi connectivity index (χ2v) is 19.6. The summed E-state index contributed by atoms with van der Waals surface area (Å²) in [5, 5.41) is 5.29. The number of hydrogen-bond acceptors (Lipinski definition) is 12. The molecular weight excluding hydrogens is 852 g/mol. The largest absolute Gasteiger partial charge is 0.460 e. The van der Waals surface area contributed by atoms with E-state index in [0.29, 0.717) is 111 Å². The summed E-state index contributed by atoms with van der Waals surface area (Å²) in [7, 11) is -2.57. The highest BCUT2D eigenvalue weighted by Gasteiger charge is 2.50. The van der Waals surface area contributed by atoms with Crippen molar-refractivity contribution < 1.29 is 65.0 Å². The van der Waals surface area contributed by atoms with Crippen LogP contribution < -0.4 is 15.7 Å². The van der Waals surface area contributed by atoms with Gasteiger partial charge in [-0.05, 0) is 45.7 Å². The second-order valence-electron chi connectivity index (χ2n) is 15.3. The third-order valence-electron chi connectivity index (χ3n) is 9.64. The fourth-order valence-corrected chi connectivity index (χ4v) is 11.2. The molecule has 0 radical (unpaired) electrons. The van der Waals surface area contributed by atoms with Gasteiger partial charge < -0.3 is 52.4 Å². The third kappa shape index (κ3) is 18.7. The number of nitrogens with one attached hydrogen (secondary N) is 1. The van der Waals surface area contributed by atoms with Crippen molar-refractivity contribution in [1.29, 1.82) is 0 Å². The molecule has 0 saturated carbocycles. The Kier molecular flexibility index (Phi) is 24.0. The van der Waals surface area contributed by atoms with Crippen LogP contribution in [-0.2, 0) is 53.2 Å². The first-order valence-corrected chi connectivity index (χ1v) is 23.5. The number of para-hydroxylation sites is 1. The Morgan fingerprint density at radius 3 is 1.30 bits per heavy atom. The number of esters is 1. The average molecular weight is 916 g/mol. The van der Waals surface area contributed by atoms with Gasteiger partial charge in [-0.3, -0.25) is 0 Å². The number of carbonyl (C=O) groups excluding carboxylic acids is 1. The molecule has 0 aliphatic rings. The van der Waals surface area contributed by atoms with Crippen LogP contribution in [0.2, 0.25) is 5.04 Å². The first-order chi connectivity index (χ1) is 31.0. The Bertz CT molecular complexity index is 1810. The normalized spacial score (nSPS) is 12.1. The van der Waals surface area contributed by atoms with Crippen LogP contribution in [-0.4, -0.2) is 133 Å². The zero-order chi connectivity index (χ0) is 45.8. The highest BCUT2D eigenvalue weighted by Crippen LogP contribution is 2.37. The molecule has 4 aromatic rings. The van der Waals surface area contributed by atoms with Gasteiger partial charge in [0, 0.05) is 5.69 Å². The summed E-state index contributed by atoms with van der Waals surface area (Å²) in [5.74, 6) is -0.629. The maximum absolute atomic E-state index is 13.1. The number of halogens is 3. The summed E-state index contributed by atoms with van der Waals surface area (Å²) in [5.41, 5.74) is -0.0924. The summed E-state index contributed by atoms with van der Waals surface area (Å²) in [4.78, 5) is 12.6. The molecule has 64 heavy (non-hydrogen) atoms. The van der Waals surface area contributed by atoms with Gasteiger partial charge in [0.25, 0.3) is 8.32 Å². The zero-order valence-corrected chi connectivity index (χ0v) is 38.2. The monoisotopic (exact) mass is 915 g/mol. The number of ether oxygens (including phenoxy) is 9. The van der Waals surface area contributed by atoms with Crippen molar-refractivity contribution in [3.05, 3.63) is 120 Å². The number of alkyl halides is 3. The summed E-state index contributed by atoms with van der Waals surface area (Å²) in [6.07, 6.45) is -4.48. The minimum Gasteiger partial charge on any atom is -0.460 e. The van der Waals surface area contributed by atoms with Crippen molar-refractivity contribution in [2.24, 2.45) is 0 Å². The highest BCUT2D eigenvalue weighted by molar-refractivity contribution is 6.99. The molecule has 16 heteroatoms. The topological polar surface area (TPSA) is 121 Å². The standard InChI is InChI=1S/C48H64F3NO11Si/c1-47(2,3)64(42-15-6-4-7-16-42,43-17-8-5-9-18-43)63-38-36-61-34-32-59-30-28-57-26-24-55-22-21-54-23-25-56-27-29-58-31-33-60-35-37-62-46(53)44-19-10-11-20-45(44)52-41-14-12-13-40(39-41)48(49,50)51/h4-20,39,52H,21-38H2,1-3H3. The molecule has 0 amide bonds. The summed E-state index contributed by atoms with van der Waals surface area (Å²) in [6, 6.07) is 32.3. The van der Waals surface area contributed by atoms with E-state index < -0.39 is 26.0 Å². The molecule has 4 rings (SSSR count). The van der Waals surface area contributed by atoms with Gasteiger partial charge >= 0.3 is 12.1 Å². The van der Waals surface area contributed by atoms with Crippen LogP contribution in [0.4, 0.5) is 24.5 Å². The van der Waals surface area contributed by atoms with Crippen LogP contribution in [0, 0.1) is 0 Å². The summed E-state index contributed by atoms with van der Waals surface area (Å²) >= 11 is 0. The average Bonchev–Trinajstić information content (AvgIpc) is 3.28. The van der Waals surface area contributed by atoms with Crippen LogP contribution in [0.1, 0.15) is 36.7 Å². The Morgan fingerprint density at radius 1 is 0.484 bits per heavy atom. The number of benzene rings is 4. The van der Waals surface area contributed by atoms with Crippen LogP contribution in [0.5, 0.6) is 0 Å². The predicted molar refractivity (Wildman–Crippen MR) is 242 cm³/mol. The lowest BCUT2D eigenvalue weighted by atomic mass is 10.1. The highest BCUT2D eigenvalue weighted by atomic mass is 28.4. The minimum atomic E-state index is -4.48. The van der Waals surface area contributed by atoms with Gasteiger partial charge in [-0.25, -0.2) is 4.79 Å². The lowest BCUT2D eigenvalue weighted by molar-refractivity contribution is -0.137. The van der Waals surface area contributed by atoms with Gasteiger partial charge in [-0.2, -0.15) is 13.2 Å². The lowest BCUT2D eigenvalue weighted by Gasteiger charge is -2.43. The molecule has 4 aromatic carbocycles. The minimum absolute atomic E-state index is 0.00421. The van der Waals surface area contributed by atoms with E-state index in [1.165, 1.54) is 28.6 Å². The van der Waals surface area contributed by atoms with Crippen molar-refractivity contribution >= 4 is 36.0 Å².